The number of benzene rings is 3. The summed E-state index contributed by atoms with van der Waals surface area (Å²) in [5.74, 6) is 0.770. The van der Waals surface area contributed by atoms with Crippen molar-refractivity contribution in [3.05, 3.63) is 59.3 Å². The third-order valence-corrected chi connectivity index (χ3v) is 11.1. The maximum Gasteiger partial charge on any atom is 0.233 e. The van der Waals surface area contributed by atoms with E-state index in [0.717, 1.165) is 32.8 Å². The van der Waals surface area contributed by atoms with Gasteiger partial charge in [-0.25, -0.2) is 0 Å². The molecule has 1 aromatic heterocycles. The molecule has 3 N–H and O–H groups in total. The Balaban J connectivity index is 1.21. The number of phenols is 2. The Kier molecular flexibility index (Phi) is 6.46. The Labute approximate surface area is 260 Å². The molecule has 224 valence electrons. The molecule has 2 amide bonds. The van der Waals surface area contributed by atoms with Crippen LogP contribution in [0, 0.1) is 17.8 Å². The van der Waals surface area contributed by atoms with Crippen molar-refractivity contribution >= 4 is 68.1 Å². The number of hydrogen-bond acceptors (Lipinski definition) is 4. The van der Waals surface area contributed by atoms with Crippen molar-refractivity contribution in [3.63, 3.8) is 0 Å². The minimum absolute atomic E-state index is 0.0217. The summed E-state index contributed by atoms with van der Waals surface area (Å²) >= 11 is 12.9. The molecule has 1 aliphatic carbocycles. The molecule has 1 fully saturated rings. The van der Waals surface area contributed by atoms with Crippen molar-refractivity contribution in [1.29, 1.82) is 0 Å². The monoisotopic (exact) mass is 619 g/mol. The Hall–Kier alpha value is -3.42. The van der Waals surface area contributed by atoms with Crippen LogP contribution in [-0.2, 0) is 9.59 Å². The Bertz CT molecular complexity index is 1830. The molecule has 3 aromatic carbocycles. The number of carbonyl (C=O) groups excluding carboxylic acids is 2. The standard InChI is InChI=1S/C34H35Cl2N3O4/c1-4-34(32(43)39-14-19(11-35)28-22-8-6-5-7-21(22)25(40)9-23(28)39)16-33(3,17-34)31(42)38-15-20(12-36)29-24(38)10-26(41)30-27(29)18(2)13-37-30/h5-10,13,19-20,37,40-41H,4,11-12,14-17H2,1-3H3. The van der Waals surface area contributed by atoms with Gasteiger partial charge in [0.1, 0.15) is 11.5 Å². The summed E-state index contributed by atoms with van der Waals surface area (Å²) in [5, 5.41) is 24.3. The molecule has 0 radical (unpaired) electrons. The van der Waals surface area contributed by atoms with E-state index in [0.29, 0.717) is 61.0 Å². The van der Waals surface area contributed by atoms with E-state index in [1.165, 1.54) is 0 Å². The lowest BCUT2D eigenvalue weighted by molar-refractivity contribution is -0.153. The molecule has 0 bridgehead atoms. The summed E-state index contributed by atoms with van der Waals surface area (Å²) in [6, 6.07) is 11.0. The lowest BCUT2D eigenvalue weighted by atomic mass is 9.51. The van der Waals surface area contributed by atoms with Crippen molar-refractivity contribution in [2.45, 2.75) is 51.9 Å². The molecule has 7 rings (SSSR count). The molecule has 0 spiro atoms. The van der Waals surface area contributed by atoms with Gasteiger partial charge >= 0.3 is 0 Å². The van der Waals surface area contributed by atoms with E-state index in [-0.39, 0.29) is 35.1 Å². The van der Waals surface area contributed by atoms with Crippen LogP contribution in [-0.4, -0.2) is 51.9 Å². The predicted octanol–water partition coefficient (Wildman–Crippen LogP) is 7.28. The van der Waals surface area contributed by atoms with E-state index in [4.69, 9.17) is 23.2 Å². The number of aryl methyl sites for hydroxylation is 1. The highest BCUT2D eigenvalue weighted by Crippen LogP contribution is 2.60. The van der Waals surface area contributed by atoms with E-state index in [1.54, 1.807) is 21.9 Å². The number of anilines is 2. The second-order valence-electron chi connectivity index (χ2n) is 13.0. The van der Waals surface area contributed by atoms with Crippen molar-refractivity contribution < 1.29 is 19.8 Å². The van der Waals surface area contributed by atoms with Gasteiger partial charge in [-0.05, 0) is 48.3 Å². The van der Waals surface area contributed by atoms with Crippen molar-refractivity contribution in [2.75, 3.05) is 34.6 Å². The number of aromatic nitrogens is 1. The van der Waals surface area contributed by atoms with Crippen LogP contribution in [0.25, 0.3) is 21.7 Å². The number of fused-ring (bicyclic) bond motifs is 6. The van der Waals surface area contributed by atoms with Crippen LogP contribution in [0.4, 0.5) is 11.4 Å². The van der Waals surface area contributed by atoms with Crippen molar-refractivity contribution in [1.82, 2.24) is 4.98 Å². The van der Waals surface area contributed by atoms with E-state index in [9.17, 15) is 19.8 Å². The summed E-state index contributed by atoms with van der Waals surface area (Å²) in [6.45, 7) is 6.82. The number of amides is 2. The van der Waals surface area contributed by atoms with Gasteiger partial charge in [0, 0.05) is 71.2 Å². The number of carbonyl (C=O) groups is 2. The quantitative estimate of drug-likeness (QED) is 0.205. The molecule has 2 aliphatic heterocycles. The minimum Gasteiger partial charge on any atom is -0.507 e. The zero-order valence-corrected chi connectivity index (χ0v) is 26.0. The first-order valence-electron chi connectivity index (χ1n) is 14.9. The maximum atomic E-state index is 14.4. The second-order valence-corrected chi connectivity index (χ2v) is 13.6. The number of nitrogens with zero attached hydrogens (tertiary/aromatic N) is 2. The predicted molar refractivity (Wildman–Crippen MR) is 172 cm³/mol. The molecule has 43 heavy (non-hydrogen) atoms. The number of hydrogen-bond donors (Lipinski definition) is 3. The van der Waals surface area contributed by atoms with Gasteiger partial charge in [0.25, 0.3) is 0 Å². The fraction of sp³-hybridized carbons (Fsp3) is 0.412. The van der Waals surface area contributed by atoms with E-state index < -0.39 is 10.8 Å². The summed E-state index contributed by atoms with van der Waals surface area (Å²) in [7, 11) is 0. The molecular formula is C34H35Cl2N3O4. The highest BCUT2D eigenvalue weighted by Gasteiger charge is 2.62. The van der Waals surface area contributed by atoms with Crippen molar-refractivity contribution in [3.8, 4) is 11.5 Å². The molecule has 9 heteroatoms. The smallest absolute Gasteiger partial charge is 0.233 e. The van der Waals surface area contributed by atoms with E-state index >= 15 is 0 Å². The lowest BCUT2D eigenvalue weighted by Crippen LogP contribution is -2.60. The minimum atomic E-state index is -0.748. The molecular weight excluding hydrogens is 585 g/mol. The fourth-order valence-corrected chi connectivity index (χ4v) is 8.85. The van der Waals surface area contributed by atoms with Gasteiger partial charge in [-0.2, -0.15) is 0 Å². The summed E-state index contributed by atoms with van der Waals surface area (Å²) in [4.78, 5) is 35.4. The number of alkyl halides is 2. The molecule has 3 aliphatic rings. The van der Waals surface area contributed by atoms with Gasteiger partial charge in [0.15, 0.2) is 0 Å². The molecule has 0 saturated heterocycles. The third kappa shape index (κ3) is 3.86. The van der Waals surface area contributed by atoms with Crippen LogP contribution in [0.3, 0.4) is 0 Å². The topological polar surface area (TPSA) is 96.9 Å². The summed E-state index contributed by atoms with van der Waals surface area (Å²) < 4.78 is 0. The molecule has 3 heterocycles. The van der Waals surface area contributed by atoms with Crippen LogP contribution in [0.2, 0.25) is 0 Å². The zero-order valence-electron chi connectivity index (χ0n) is 24.5. The van der Waals surface area contributed by atoms with E-state index in [1.807, 2.05) is 51.2 Å². The Morgan fingerprint density at radius 1 is 0.930 bits per heavy atom. The number of aromatic amines is 1. The number of H-pyrrole nitrogens is 1. The first-order valence-corrected chi connectivity index (χ1v) is 16.0. The first kappa shape index (κ1) is 28.4. The SMILES string of the molecule is CCC1(C(=O)N2CC(CCl)c3c2cc(O)c2ccccc32)CC(C)(C(=O)N2CC(CCl)c3c2cc(O)c2[nH]cc(C)c32)C1. The lowest BCUT2D eigenvalue weighted by Gasteiger charge is -2.54. The number of nitrogens with one attached hydrogen (secondary N) is 1. The highest BCUT2D eigenvalue weighted by molar-refractivity contribution is 6.20. The number of aromatic hydroxyl groups is 2. The largest absolute Gasteiger partial charge is 0.507 e. The molecule has 7 nitrogen and oxygen atoms in total. The van der Waals surface area contributed by atoms with E-state index in [2.05, 4.69) is 4.98 Å². The fourth-order valence-electron chi connectivity index (χ4n) is 8.35. The van der Waals surface area contributed by atoms with Gasteiger partial charge < -0.3 is 25.0 Å². The summed E-state index contributed by atoms with van der Waals surface area (Å²) in [5.41, 5.74) is 3.59. The maximum absolute atomic E-state index is 14.4. The highest BCUT2D eigenvalue weighted by atomic mass is 35.5. The van der Waals surface area contributed by atoms with Gasteiger partial charge in [-0.1, -0.05) is 38.1 Å². The van der Waals surface area contributed by atoms with Crippen LogP contribution in [0.1, 0.15) is 61.6 Å². The first-order chi connectivity index (χ1) is 20.6. The average molecular weight is 621 g/mol. The molecule has 4 aromatic rings. The van der Waals surface area contributed by atoms with Crippen LogP contribution in [0.5, 0.6) is 11.5 Å². The van der Waals surface area contributed by atoms with Crippen molar-refractivity contribution in [2.24, 2.45) is 10.8 Å². The normalized spacial score (nSPS) is 26.2. The van der Waals surface area contributed by atoms with Crippen LogP contribution >= 0.6 is 23.2 Å². The number of phenolic OH excluding ortho intramolecular Hbond substituents is 2. The number of halogens is 2. The zero-order chi connectivity index (χ0) is 30.4. The average Bonchev–Trinajstić information content (AvgIpc) is 3.68. The Morgan fingerprint density at radius 2 is 1.51 bits per heavy atom. The van der Waals surface area contributed by atoms with Gasteiger partial charge in [-0.15, -0.1) is 23.2 Å². The number of rotatable bonds is 5. The molecule has 2 unspecified atom stereocenters. The Morgan fingerprint density at radius 3 is 2.16 bits per heavy atom. The van der Waals surface area contributed by atoms with Gasteiger partial charge in [0.05, 0.1) is 22.3 Å². The van der Waals surface area contributed by atoms with Crippen LogP contribution < -0.4 is 9.80 Å². The summed E-state index contributed by atoms with van der Waals surface area (Å²) in [6.07, 6.45) is 3.29. The van der Waals surface area contributed by atoms with Gasteiger partial charge in [-0.3, -0.25) is 9.59 Å². The third-order valence-electron chi connectivity index (χ3n) is 10.4. The van der Waals surface area contributed by atoms with Crippen LogP contribution in [0.15, 0.2) is 42.6 Å². The molecule has 1 saturated carbocycles. The van der Waals surface area contributed by atoms with Gasteiger partial charge in [0.2, 0.25) is 11.8 Å². The second kappa shape index (κ2) is 9.80. The molecule has 2 atom stereocenters.